The number of hydrogen-bond acceptors (Lipinski definition) is 6. The zero-order valence-electron chi connectivity index (χ0n) is 12.1. The van der Waals surface area contributed by atoms with Gasteiger partial charge in [0.05, 0.1) is 5.69 Å². The Balaban J connectivity index is 1.77. The summed E-state index contributed by atoms with van der Waals surface area (Å²) in [4.78, 5) is 19.5. The van der Waals surface area contributed by atoms with E-state index in [1.54, 1.807) is 0 Å². The summed E-state index contributed by atoms with van der Waals surface area (Å²) in [6, 6.07) is 0. The number of H-pyrrole nitrogens is 1. The van der Waals surface area contributed by atoms with Crippen LogP contribution in [0.1, 0.15) is 59.7 Å². The van der Waals surface area contributed by atoms with Crippen molar-refractivity contribution < 1.29 is 4.79 Å². The Bertz CT molecular complexity index is 608. The number of aromatic amines is 1. The maximum absolute atomic E-state index is 12.7. The van der Waals surface area contributed by atoms with Crippen LogP contribution in [0.5, 0.6) is 0 Å². The van der Waals surface area contributed by atoms with Gasteiger partial charge in [-0.1, -0.05) is 18.3 Å². The molecule has 1 fully saturated rings. The van der Waals surface area contributed by atoms with E-state index < -0.39 is 0 Å². The second-order valence-electron chi connectivity index (χ2n) is 5.60. The van der Waals surface area contributed by atoms with Gasteiger partial charge < -0.3 is 4.90 Å². The van der Waals surface area contributed by atoms with Gasteiger partial charge in [0.2, 0.25) is 0 Å². The molecule has 0 spiro atoms. The zero-order chi connectivity index (χ0) is 14.8. The number of amides is 1. The first kappa shape index (κ1) is 14.1. The van der Waals surface area contributed by atoms with Crippen molar-refractivity contribution >= 4 is 17.4 Å². The van der Waals surface area contributed by atoms with Crippen LogP contribution < -0.4 is 0 Å². The summed E-state index contributed by atoms with van der Waals surface area (Å²) in [7, 11) is 0. The maximum atomic E-state index is 12.7. The highest BCUT2D eigenvalue weighted by Crippen LogP contribution is 2.27. The molecule has 7 nitrogen and oxygen atoms in total. The van der Waals surface area contributed by atoms with Gasteiger partial charge in [-0.2, -0.15) is 5.10 Å². The van der Waals surface area contributed by atoms with Gasteiger partial charge in [0, 0.05) is 19.0 Å². The van der Waals surface area contributed by atoms with Gasteiger partial charge in [-0.05, 0) is 30.3 Å². The van der Waals surface area contributed by atoms with Gasteiger partial charge in [0.25, 0.3) is 5.91 Å². The third-order valence-corrected chi connectivity index (χ3v) is 4.51. The van der Waals surface area contributed by atoms with E-state index in [-0.39, 0.29) is 17.7 Å². The molecule has 8 heteroatoms. The van der Waals surface area contributed by atoms with Crippen LogP contribution >= 0.6 is 11.5 Å². The summed E-state index contributed by atoms with van der Waals surface area (Å²) >= 11 is 1.19. The molecule has 0 aliphatic carbocycles. The Morgan fingerprint density at radius 1 is 1.52 bits per heavy atom. The molecule has 0 radical (unpaired) electrons. The van der Waals surface area contributed by atoms with E-state index in [2.05, 4.69) is 24.8 Å². The van der Waals surface area contributed by atoms with Crippen molar-refractivity contribution in [2.75, 3.05) is 13.1 Å². The maximum Gasteiger partial charge on any atom is 0.267 e. The fraction of sp³-hybridized carbons (Fsp3) is 0.615. The van der Waals surface area contributed by atoms with E-state index in [0.717, 1.165) is 30.9 Å². The molecule has 0 saturated carbocycles. The van der Waals surface area contributed by atoms with Gasteiger partial charge in [0.15, 0.2) is 0 Å². The number of piperidine rings is 1. The summed E-state index contributed by atoms with van der Waals surface area (Å²) in [5.74, 6) is 1.34. The summed E-state index contributed by atoms with van der Waals surface area (Å²) in [5, 5.41) is 10.9. The second-order valence-corrected chi connectivity index (χ2v) is 6.36. The predicted molar refractivity (Wildman–Crippen MR) is 78.3 cm³/mol. The SMILES string of the molecule is CC(C)c1nnsc1C(=O)N1CCCC(c2ncn[nH]2)C1. The van der Waals surface area contributed by atoms with Crippen LogP contribution in [0.3, 0.4) is 0 Å². The highest BCUT2D eigenvalue weighted by molar-refractivity contribution is 7.08. The minimum absolute atomic E-state index is 0.0397. The Morgan fingerprint density at radius 3 is 3.10 bits per heavy atom. The van der Waals surface area contributed by atoms with Crippen molar-refractivity contribution in [2.45, 2.75) is 38.5 Å². The molecule has 3 heterocycles. The fourth-order valence-corrected chi connectivity index (χ4v) is 3.45. The molecular weight excluding hydrogens is 288 g/mol. The van der Waals surface area contributed by atoms with Crippen LogP contribution in [-0.4, -0.2) is 48.7 Å². The average molecular weight is 306 g/mol. The molecule has 2 aromatic heterocycles. The summed E-state index contributed by atoms with van der Waals surface area (Å²) in [6.45, 7) is 5.50. The molecule has 0 bridgehead atoms. The lowest BCUT2D eigenvalue weighted by atomic mass is 9.97. The van der Waals surface area contributed by atoms with Crippen LogP contribution in [-0.2, 0) is 0 Å². The van der Waals surface area contributed by atoms with Crippen molar-refractivity contribution in [1.29, 1.82) is 0 Å². The second kappa shape index (κ2) is 5.88. The molecule has 3 rings (SSSR count). The Hall–Kier alpha value is -1.83. The fourth-order valence-electron chi connectivity index (χ4n) is 2.66. The monoisotopic (exact) mass is 306 g/mol. The highest BCUT2D eigenvalue weighted by Gasteiger charge is 2.30. The lowest BCUT2D eigenvalue weighted by molar-refractivity contribution is 0.0708. The molecule has 2 aromatic rings. The van der Waals surface area contributed by atoms with Crippen LogP contribution in [0.4, 0.5) is 0 Å². The molecule has 1 aliphatic rings. The van der Waals surface area contributed by atoms with Crippen LogP contribution in [0, 0.1) is 0 Å². The third-order valence-electron chi connectivity index (χ3n) is 3.78. The molecular formula is C13H18N6OS. The summed E-state index contributed by atoms with van der Waals surface area (Å²) in [5.41, 5.74) is 0.798. The van der Waals surface area contributed by atoms with Crippen molar-refractivity contribution in [3.63, 3.8) is 0 Å². The first-order chi connectivity index (χ1) is 10.2. The third kappa shape index (κ3) is 2.80. The first-order valence-electron chi connectivity index (χ1n) is 7.13. The Morgan fingerprint density at radius 2 is 2.38 bits per heavy atom. The van der Waals surface area contributed by atoms with Gasteiger partial charge in [0.1, 0.15) is 17.0 Å². The molecule has 1 amide bonds. The van der Waals surface area contributed by atoms with Crippen molar-refractivity contribution in [3.8, 4) is 0 Å². The van der Waals surface area contributed by atoms with Gasteiger partial charge in [-0.3, -0.25) is 9.89 Å². The van der Waals surface area contributed by atoms with Crippen molar-refractivity contribution in [1.82, 2.24) is 29.7 Å². The number of rotatable bonds is 3. The van der Waals surface area contributed by atoms with E-state index in [4.69, 9.17) is 0 Å². The van der Waals surface area contributed by atoms with E-state index in [9.17, 15) is 4.79 Å². The number of carbonyl (C=O) groups is 1. The smallest absolute Gasteiger partial charge is 0.267 e. The molecule has 21 heavy (non-hydrogen) atoms. The quantitative estimate of drug-likeness (QED) is 0.934. The topological polar surface area (TPSA) is 87.7 Å². The highest BCUT2D eigenvalue weighted by atomic mass is 32.1. The van der Waals surface area contributed by atoms with E-state index >= 15 is 0 Å². The van der Waals surface area contributed by atoms with Crippen LogP contribution in [0.25, 0.3) is 0 Å². The summed E-state index contributed by atoms with van der Waals surface area (Å²) in [6.07, 6.45) is 3.51. The van der Waals surface area contributed by atoms with E-state index in [0.29, 0.717) is 11.4 Å². The van der Waals surface area contributed by atoms with Crippen LogP contribution in [0.2, 0.25) is 0 Å². The van der Waals surface area contributed by atoms with Gasteiger partial charge >= 0.3 is 0 Å². The number of carbonyl (C=O) groups excluding carboxylic acids is 1. The molecule has 0 aromatic carbocycles. The molecule has 1 unspecified atom stereocenters. The standard InChI is InChI=1S/C13H18N6OS/c1-8(2)10-11(21-18-16-10)13(20)19-5-3-4-9(6-19)12-14-7-15-17-12/h7-9H,3-6H2,1-2H3,(H,14,15,17). The molecule has 1 atom stereocenters. The normalized spacial score (nSPS) is 19.2. The largest absolute Gasteiger partial charge is 0.337 e. The van der Waals surface area contributed by atoms with Crippen molar-refractivity contribution in [3.05, 3.63) is 22.7 Å². The molecule has 1 aliphatic heterocycles. The van der Waals surface area contributed by atoms with Crippen molar-refractivity contribution in [2.24, 2.45) is 0 Å². The Kier molecular flexibility index (Phi) is 3.96. The molecule has 1 saturated heterocycles. The molecule has 1 N–H and O–H groups in total. The van der Waals surface area contributed by atoms with Gasteiger partial charge in [-0.15, -0.1) is 5.10 Å². The lowest BCUT2D eigenvalue weighted by Gasteiger charge is -2.31. The number of nitrogens with zero attached hydrogens (tertiary/aromatic N) is 5. The molecule has 112 valence electrons. The van der Waals surface area contributed by atoms with Gasteiger partial charge in [-0.25, -0.2) is 4.98 Å². The number of aromatic nitrogens is 5. The minimum atomic E-state index is 0.0397. The average Bonchev–Trinajstić information content (AvgIpc) is 3.17. The Labute approximate surface area is 126 Å². The number of likely N-dealkylation sites (tertiary alicyclic amines) is 1. The lowest BCUT2D eigenvalue weighted by Crippen LogP contribution is -2.39. The minimum Gasteiger partial charge on any atom is -0.337 e. The zero-order valence-corrected chi connectivity index (χ0v) is 12.9. The summed E-state index contributed by atoms with van der Waals surface area (Å²) < 4.78 is 3.94. The van der Waals surface area contributed by atoms with E-state index in [1.807, 2.05) is 18.7 Å². The number of hydrogen-bond donors (Lipinski definition) is 1. The number of nitrogens with one attached hydrogen (secondary N) is 1. The first-order valence-corrected chi connectivity index (χ1v) is 7.91. The predicted octanol–water partition coefficient (Wildman–Crippen LogP) is 1.80. The van der Waals surface area contributed by atoms with E-state index in [1.165, 1.54) is 17.9 Å². The van der Waals surface area contributed by atoms with Crippen LogP contribution in [0.15, 0.2) is 6.33 Å².